The van der Waals surface area contributed by atoms with E-state index in [1.807, 2.05) is 0 Å². The van der Waals surface area contributed by atoms with Gasteiger partial charge in [-0.1, -0.05) is 5.16 Å². The zero-order valence-electron chi connectivity index (χ0n) is 7.65. The van der Waals surface area contributed by atoms with E-state index in [9.17, 15) is 4.79 Å². The Balaban J connectivity index is 2.04. The van der Waals surface area contributed by atoms with Gasteiger partial charge < -0.3 is 9.42 Å². The molecule has 1 aromatic heterocycles. The van der Waals surface area contributed by atoms with Gasteiger partial charge in [0.05, 0.1) is 5.38 Å². The Morgan fingerprint density at radius 2 is 2.57 bits per heavy atom. The molecule has 1 aliphatic heterocycles. The first kappa shape index (κ1) is 9.52. The summed E-state index contributed by atoms with van der Waals surface area (Å²) in [5.74, 6) is -0.0934. The smallest absolute Gasteiger partial charge is 0.276 e. The number of carbonyl (C=O) groups is 1. The van der Waals surface area contributed by atoms with E-state index in [1.54, 1.807) is 11.0 Å². The summed E-state index contributed by atoms with van der Waals surface area (Å²) < 4.78 is 4.62. The molecule has 0 spiro atoms. The monoisotopic (exact) mass is 214 g/mol. The van der Waals surface area contributed by atoms with Gasteiger partial charge in [-0.05, 0) is 12.8 Å². The van der Waals surface area contributed by atoms with Crippen LogP contribution in [-0.2, 0) is 0 Å². The molecule has 1 amide bonds. The molecule has 1 unspecified atom stereocenters. The molecule has 1 aliphatic rings. The number of hydrogen-bond donors (Lipinski definition) is 0. The Kier molecular flexibility index (Phi) is 2.72. The molecule has 1 aromatic rings. The lowest BCUT2D eigenvalue weighted by atomic mass is 10.1. The maximum absolute atomic E-state index is 11.8. The highest BCUT2D eigenvalue weighted by Gasteiger charge is 2.24. The van der Waals surface area contributed by atoms with Gasteiger partial charge in [0.2, 0.25) is 0 Å². The molecule has 0 aromatic carbocycles. The van der Waals surface area contributed by atoms with Crippen LogP contribution in [0.4, 0.5) is 0 Å². The average molecular weight is 215 g/mol. The summed E-state index contributed by atoms with van der Waals surface area (Å²) in [4.78, 5) is 13.5. The number of rotatable bonds is 1. The minimum atomic E-state index is -0.0934. The Hall–Kier alpha value is -1.03. The normalized spacial score (nSPS) is 22.4. The van der Waals surface area contributed by atoms with Crippen LogP contribution in [0.2, 0.25) is 0 Å². The van der Waals surface area contributed by atoms with Crippen molar-refractivity contribution in [3.05, 3.63) is 18.0 Å². The van der Waals surface area contributed by atoms with Gasteiger partial charge >= 0.3 is 0 Å². The Morgan fingerprint density at radius 3 is 3.21 bits per heavy atom. The van der Waals surface area contributed by atoms with Crippen molar-refractivity contribution < 1.29 is 9.32 Å². The van der Waals surface area contributed by atoms with Crippen molar-refractivity contribution in [2.75, 3.05) is 13.1 Å². The molecule has 2 heterocycles. The number of likely N-dealkylation sites (tertiary alicyclic amines) is 1. The summed E-state index contributed by atoms with van der Waals surface area (Å²) in [6, 6.07) is 1.57. The number of halogens is 1. The third kappa shape index (κ3) is 1.90. The molecular formula is C9H11ClN2O2. The zero-order valence-corrected chi connectivity index (χ0v) is 8.41. The fourth-order valence-electron chi connectivity index (χ4n) is 1.59. The van der Waals surface area contributed by atoms with Crippen LogP contribution in [-0.4, -0.2) is 34.4 Å². The van der Waals surface area contributed by atoms with Crippen LogP contribution in [0.15, 0.2) is 16.9 Å². The third-order valence-electron chi connectivity index (χ3n) is 2.31. The Bertz CT molecular complexity index is 313. The maximum atomic E-state index is 11.8. The van der Waals surface area contributed by atoms with E-state index in [1.165, 1.54) is 6.26 Å². The quantitative estimate of drug-likeness (QED) is 0.666. The highest BCUT2D eigenvalue weighted by atomic mass is 35.5. The van der Waals surface area contributed by atoms with E-state index in [-0.39, 0.29) is 11.3 Å². The second-order valence-corrected chi connectivity index (χ2v) is 3.99. The van der Waals surface area contributed by atoms with Crippen molar-refractivity contribution >= 4 is 17.5 Å². The van der Waals surface area contributed by atoms with E-state index >= 15 is 0 Å². The first-order valence-corrected chi connectivity index (χ1v) is 5.05. The number of piperidine rings is 1. The molecule has 0 bridgehead atoms. The number of hydrogen-bond acceptors (Lipinski definition) is 3. The number of alkyl halides is 1. The highest BCUT2D eigenvalue weighted by molar-refractivity contribution is 6.21. The van der Waals surface area contributed by atoms with Crippen LogP contribution in [0.5, 0.6) is 0 Å². The second kappa shape index (κ2) is 4.00. The van der Waals surface area contributed by atoms with Gasteiger partial charge in [0.25, 0.3) is 5.91 Å². The van der Waals surface area contributed by atoms with E-state index in [0.717, 1.165) is 19.4 Å². The average Bonchev–Trinajstić information content (AvgIpc) is 2.69. The van der Waals surface area contributed by atoms with E-state index in [0.29, 0.717) is 12.2 Å². The molecule has 0 N–H and O–H groups in total. The molecule has 14 heavy (non-hydrogen) atoms. The van der Waals surface area contributed by atoms with Crippen molar-refractivity contribution in [3.8, 4) is 0 Å². The van der Waals surface area contributed by atoms with Gasteiger partial charge in [-0.15, -0.1) is 11.6 Å². The summed E-state index contributed by atoms with van der Waals surface area (Å²) in [5, 5.41) is 3.68. The van der Waals surface area contributed by atoms with Crippen molar-refractivity contribution in [3.63, 3.8) is 0 Å². The molecule has 1 saturated heterocycles. The summed E-state index contributed by atoms with van der Waals surface area (Å²) >= 11 is 5.98. The molecular weight excluding hydrogens is 204 g/mol. The molecule has 2 rings (SSSR count). The fraction of sp³-hybridized carbons (Fsp3) is 0.556. The van der Waals surface area contributed by atoms with Gasteiger partial charge in [0, 0.05) is 19.2 Å². The topological polar surface area (TPSA) is 46.3 Å². The summed E-state index contributed by atoms with van der Waals surface area (Å²) in [5.41, 5.74) is 0.357. The van der Waals surface area contributed by atoms with Crippen LogP contribution < -0.4 is 0 Å². The minimum Gasteiger partial charge on any atom is -0.364 e. The van der Waals surface area contributed by atoms with Crippen LogP contribution in [0.1, 0.15) is 23.3 Å². The maximum Gasteiger partial charge on any atom is 0.276 e. The molecule has 5 heteroatoms. The summed E-state index contributed by atoms with van der Waals surface area (Å²) in [6.07, 6.45) is 3.33. The number of nitrogens with zero attached hydrogens (tertiary/aromatic N) is 2. The number of aromatic nitrogens is 1. The predicted octanol–water partition coefficient (Wildman–Crippen LogP) is 1.52. The van der Waals surface area contributed by atoms with Crippen LogP contribution in [0.25, 0.3) is 0 Å². The Labute approximate surface area is 86.8 Å². The van der Waals surface area contributed by atoms with Gasteiger partial charge in [-0.25, -0.2) is 0 Å². The lowest BCUT2D eigenvalue weighted by Gasteiger charge is -2.28. The summed E-state index contributed by atoms with van der Waals surface area (Å²) in [7, 11) is 0. The first-order chi connectivity index (χ1) is 6.77. The largest absolute Gasteiger partial charge is 0.364 e. The molecule has 1 atom stereocenters. The van der Waals surface area contributed by atoms with Gasteiger partial charge in [0.15, 0.2) is 5.69 Å². The van der Waals surface area contributed by atoms with Gasteiger partial charge in [-0.2, -0.15) is 0 Å². The molecule has 0 aliphatic carbocycles. The molecule has 1 fully saturated rings. The van der Waals surface area contributed by atoms with E-state index in [4.69, 9.17) is 11.6 Å². The molecule has 76 valence electrons. The van der Waals surface area contributed by atoms with Crippen molar-refractivity contribution in [2.24, 2.45) is 0 Å². The first-order valence-electron chi connectivity index (χ1n) is 4.61. The number of carbonyl (C=O) groups excluding carboxylic acids is 1. The highest BCUT2D eigenvalue weighted by Crippen LogP contribution is 2.16. The fourth-order valence-corrected chi connectivity index (χ4v) is 1.92. The zero-order chi connectivity index (χ0) is 9.97. The molecule has 0 radical (unpaired) electrons. The van der Waals surface area contributed by atoms with Crippen LogP contribution in [0, 0.1) is 0 Å². The number of amides is 1. The molecule has 0 saturated carbocycles. The van der Waals surface area contributed by atoms with Crippen molar-refractivity contribution in [1.29, 1.82) is 0 Å². The lowest BCUT2D eigenvalue weighted by molar-refractivity contribution is 0.0716. The second-order valence-electron chi connectivity index (χ2n) is 3.38. The van der Waals surface area contributed by atoms with Crippen molar-refractivity contribution in [2.45, 2.75) is 18.2 Å². The Morgan fingerprint density at radius 1 is 1.71 bits per heavy atom. The third-order valence-corrected chi connectivity index (χ3v) is 2.66. The molecule has 4 nitrogen and oxygen atoms in total. The minimum absolute atomic E-state index is 0.0691. The SMILES string of the molecule is O=C(c1ccon1)N1CCCC(Cl)C1. The predicted molar refractivity (Wildman–Crippen MR) is 51.3 cm³/mol. The lowest BCUT2D eigenvalue weighted by Crippen LogP contribution is -2.40. The van der Waals surface area contributed by atoms with Crippen LogP contribution >= 0.6 is 11.6 Å². The van der Waals surface area contributed by atoms with E-state index in [2.05, 4.69) is 9.68 Å². The van der Waals surface area contributed by atoms with Gasteiger partial charge in [0.1, 0.15) is 6.26 Å². The standard InChI is InChI=1S/C9H11ClN2O2/c10-7-2-1-4-12(6-7)9(13)8-3-5-14-11-8/h3,5,7H,1-2,4,6H2. The van der Waals surface area contributed by atoms with E-state index < -0.39 is 0 Å². The van der Waals surface area contributed by atoms with Gasteiger partial charge in [-0.3, -0.25) is 4.79 Å². The summed E-state index contributed by atoms with van der Waals surface area (Å²) in [6.45, 7) is 1.36. The van der Waals surface area contributed by atoms with Crippen molar-refractivity contribution in [1.82, 2.24) is 10.1 Å². The van der Waals surface area contributed by atoms with Crippen LogP contribution in [0.3, 0.4) is 0 Å².